The van der Waals surface area contributed by atoms with E-state index in [0.29, 0.717) is 12.0 Å². The lowest BCUT2D eigenvalue weighted by atomic mass is 10.2. The summed E-state index contributed by atoms with van der Waals surface area (Å²) in [6.45, 7) is 8.08. The minimum Gasteiger partial charge on any atom is -0.368 e. The fraction of sp³-hybridized carbons (Fsp3) is 0.444. The van der Waals surface area contributed by atoms with Crippen molar-refractivity contribution < 1.29 is 0 Å². The first-order valence-electron chi connectivity index (χ1n) is 8.50. The molecule has 1 N–H and O–H groups in total. The molecule has 1 aromatic heterocycles. The van der Waals surface area contributed by atoms with Gasteiger partial charge in [-0.1, -0.05) is 24.6 Å². The van der Waals surface area contributed by atoms with Crippen LogP contribution in [0.4, 0.5) is 17.5 Å². The largest absolute Gasteiger partial charge is 0.368 e. The minimum atomic E-state index is 0.375. The molecule has 1 aromatic carbocycles. The molecular formula is C18H24ClN5. The zero-order valence-corrected chi connectivity index (χ0v) is 15.0. The lowest BCUT2D eigenvalue weighted by Crippen LogP contribution is -2.46. The molecule has 128 valence electrons. The Kier molecular flexibility index (Phi) is 5.41. The minimum absolute atomic E-state index is 0.375. The molecule has 0 aliphatic carbocycles. The van der Waals surface area contributed by atoms with E-state index >= 15 is 0 Å². The first-order chi connectivity index (χ1) is 11.7. The van der Waals surface area contributed by atoms with E-state index < -0.39 is 0 Å². The van der Waals surface area contributed by atoms with E-state index in [1.54, 1.807) is 0 Å². The van der Waals surface area contributed by atoms with Crippen LogP contribution in [0, 0.1) is 0 Å². The summed E-state index contributed by atoms with van der Waals surface area (Å²) >= 11 is 6.10. The molecular weight excluding hydrogens is 322 g/mol. The van der Waals surface area contributed by atoms with Crippen LogP contribution in [0.3, 0.4) is 0 Å². The molecule has 1 aliphatic heterocycles. The van der Waals surface area contributed by atoms with Gasteiger partial charge < -0.3 is 15.1 Å². The fourth-order valence-corrected chi connectivity index (χ4v) is 2.97. The second-order valence-electron chi connectivity index (χ2n) is 6.15. The van der Waals surface area contributed by atoms with Gasteiger partial charge in [-0.05, 0) is 37.6 Å². The van der Waals surface area contributed by atoms with Gasteiger partial charge in [0, 0.05) is 49.1 Å². The number of benzene rings is 1. The first-order valence-corrected chi connectivity index (χ1v) is 8.88. The van der Waals surface area contributed by atoms with E-state index in [-0.39, 0.29) is 0 Å². The predicted molar refractivity (Wildman–Crippen MR) is 101 cm³/mol. The summed E-state index contributed by atoms with van der Waals surface area (Å²) in [6, 6.07) is 10.4. The Balaban J connectivity index is 1.63. The maximum absolute atomic E-state index is 6.10. The number of nitrogens with one attached hydrogen (secondary N) is 1. The molecule has 1 aliphatic rings. The van der Waals surface area contributed by atoms with E-state index in [1.807, 2.05) is 30.5 Å². The van der Waals surface area contributed by atoms with Crippen molar-refractivity contribution in [1.82, 2.24) is 9.97 Å². The van der Waals surface area contributed by atoms with Gasteiger partial charge in [0.15, 0.2) is 0 Å². The van der Waals surface area contributed by atoms with Gasteiger partial charge in [-0.25, -0.2) is 4.98 Å². The predicted octanol–water partition coefficient (Wildman–Crippen LogP) is 3.67. The number of hydrogen-bond donors (Lipinski definition) is 1. The Hall–Kier alpha value is -2.01. The topological polar surface area (TPSA) is 44.3 Å². The Bertz CT molecular complexity index is 670. The van der Waals surface area contributed by atoms with Gasteiger partial charge in [0.25, 0.3) is 0 Å². The van der Waals surface area contributed by atoms with Crippen LogP contribution in [0.2, 0.25) is 5.02 Å². The average Bonchev–Trinajstić information content (AvgIpc) is 2.62. The third-order valence-corrected chi connectivity index (χ3v) is 4.64. The summed E-state index contributed by atoms with van der Waals surface area (Å²) in [5, 5.41) is 4.12. The van der Waals surface area contributed by atoms with Crippen LogP contribution in [-0.4, -0.2) is 42.2 Å². The van der Waals surface area contributed by atoms with Gasteiger partial charge in [0.05, 0.1) is 0 Å². The molecule has 6 heteroatoms. The standard InChI is InChI=1S/C18H24ClN5/c1-3-14(2)21-18-20-8-7-17(22-18)24-11-9-23(10-12-24)16-6-4-5-15(19)13-16/h4-8,13-14H,3,9-12H2,1-2H3,(H,20,21,22). The van der Waals surface area contributed by atoms with Gasteiger partial charge in [0.1, 0.15) is 5.82 Å². The molecule has 0 amide bonds. The van der Waals surface area contributed by atoms with E-state index in [1.165, 1.54) is 5.69 Å². The number of anilines is 3. The molecule has 24 heavy (non-hydrogen) atoms. The van der Waals surface area contributed by atoms with Crippen LogP contribution in [0.1, 0.15) is 20.3 Å². The Morgan fingerprint density at radius 3 is 2.62 bits per heavy atom. The normalized spacial score (nSPS) is 16.1. The number of hydrogen-bond acceptors (Lipinski definition) is 5. The SMILES string of the molecule is CCC(C)Nc1nccc(N2CCN(c3cccc(Cl)c3)CC2)n1. The smallest absolute Gasteiger partial charge is 0.224 e. The molecule has 1 saturated heterocycles. The van der Waals surface area contributed by atoms with Crippen molar-refractivity contribution in [1.29, 1.82) is 0 Å². The Morgan fingerprint density at radius 1 is 1.17 bits per heavy atom. The van der Waals surface area contributed by atoms with Crippen LogP contribution >= 0.6 is 11.6 Å². The summed E-state index contributed by atoms with van der Waals surface area (Å²) in [7, 11) is 0. The third-order valence-electron chi connectivity index (χ3n) is 4.41. The highest BCUT2D eigenvalue weighted by Gasteiger charge is 2.19. The second-order valence-corrected chi connectivity index (χ2v) is 6.58. The summed E-state index contributed by atoms with van der Waals surface area (Å²) in [5.41, 5.74) is 1.18. The van der Waals surface area contributed by atoms with Gasteiger partial charge in [-0.3, -0.25) is 0 Å². The highest BCUT2D eigenvalue weighted by atomic mass is 35.5. The molecule has 1 atom stereocenters. The van der Waals surface area contributed by atoms with Crippen molar-refractivity contribution in [2.75, 3.05) is 41.3 Å². The first kappa shape index (κ1) is 16.8. The molecule has 0 bridgehead atoms. The molecule has 1 unspecified atom stereocenters. The molecule has 0 radical (unpaired) electrons. The van der Waals surface area contributed by atoms with Gasteiger partial charge in [-0.15, -0.1) is 0 Å². The van der Waals surface area contributed by atoms with Crippen molar-refractivity contribution in [2.45, 2.75) is 26.3 Å². The number of nitrogens with zero attached hydrogens (tertiary/aromatic N) is 4. The zero-order chi connectivity index (χ0) is 16.9. The van der Waals surface area contributed by atoms with Gasteiger partial charge in [0.2, 0.25) is 5.95 Å². The second kappa shape index (κ2) is 7.71. The molecule has 3 rings (SSSR count). The molecule has 2 heterocycles. The van der Waals surface area contributed by atoms with Crippen LogP contribution in [0.5, 0.6) is 0 Å². The van der Waals surface area contributed by atoms with Crippen molar-refractivity contribution in [3.63, 3.8) is 0 Å². The van der Waals surface area contributed by atoms with Crippen molar-refractivity contribution in [3.05, 3.63) is 41.6 Å². The van der Waals surface area contributed by atoms with E-state index in [0.717, 1.165) is 43.4 Å². The van der Waals surface area contributed by atoms with Crippen molar-refractivity contribution in [2.24, 2.45) is 0 Å². The van der Waals surface area contributed by atoms with Gasteiger partial charge >= 0.3 is 0 Å². The lowest BCUT2D eigenvalue weighted by Gasteiger charge is -2.36. The van der Waals surface area contributed by atoms with Crippen LogP contribution < -0.4 is 15.1 Å². The summed E-state index contributed by atoms with van der Waals surface area (Å²) in [6.07, 6.45) is 2.88. The number of aromatic nitrogens is 2. The average molecular weight is 346 g/mol. The highest BCUT2D eigenvalue weighted by molar-refractivity contribution is 6.30. The van der Waals surface area contributed by atoms with E-state index in [2.05, 4.69) is 45.0 Å². The van der Waals surface area contributed by atoms with Crippen molar-refractivity contribution in [3.8, 4) is 0 Å². The quantitative estimate of drug-likeness (QED) is 0.895. The number of piperazine rings is 1. The molecule has 2 aromatic rings. The highest BCUT2D eigenvalue weighted by Crippen LogP contribution is 2.22. The summed E-state index contributed by atoms with van der Waals surface area (Å²) < 4.78 is 0. The fourth-order valence-electron chi connectivity index (χ4n) is 2.78. The van der Waals surface area contributed by atoms with Crippen LogP contribution in [-0.2, 0) is 0 Å². The van der Waals surface area contributed by atoms with E-state index in [4.69, 9.17) is 11.6 Å². The molecule has 0 spiro atoms. The molecule has 5 nitrogen and oxygen atoms in total. The molecule has 1 fully saturated rings. The summed E-state index contributed by atoms with van der Waals surface area (Å²) in [4.78, 5) is 13.7. The maximum Gasteiger partial charge on any atom is 0.224 e. The number of halogens is 1. The Morgan fingerprint density at radius 2 is 1.92 bits per heavy atom. The zero-order valence-electron chi connectivity index (χ0n) is 14.2. The third kappa shape index (κ3) is 4.09. The van der Waals surface area contributed by atoms with Crippen LogP contribution in [0.15, 0.2) is 36.5 Å². The number of rotatable bonds is 5. The monoisotopic (exact) mass is 345 g/mol. The lowest BCUT2D eigenvalue weighted by molar-refractivity contribution is 0.646. The van der Waals surface area contributed by atoms with Crippen LogP contribution in [0.25, 0.3) is 0 Å². The summed E-state index contributed by atoms with van der Waals surface area (Å²) in [5.74, 6) is 1.70. The van der Waals surface area contributed by atoms with Crippen molar-refractivity contribution >= 4 is 29.1 Å². The maximum atomic E-state index is 6.10. The van der Waals surface area contributed by atoms with Gasteiger partial charge in [-0.2, -0.15) is 4.98 Å². The Labute approximate surface area is 148 Å². The molecule has 0 saturated carbocycles. The van der Waals surface area contributed by atoms with E-state index in [9.17, 15) is 0 Å².